The van der Waals surface area contributed by atoms with Gasteiger partial charge in [-0.15, -0.1) is 0 Å². The minimum Gasteiger partial charge on any atom is -0.480 e. The van der Waals surface area contributed by atoms with Crippen molar-refractivity contribution in [2.45, 2.75) is 40.2 Å². The number of amides is 2. The van der Waals surface area contributed by atoms with Crippen molar-refractivity contribution in [3.8, 4) is 0 Å². The number of nitrogens with zero attached hydrogens (tertiary/aromatic N) is 1. The van der Waals surface area contributed by atoms with E-state index in [1.165, 1.54) is 0 Å². The fourth-order valence-electron chi connectivity index (χ4n) is 3.42. The summed E-state index contributed by atoms with van der Waals surface area (Å²) in [7, 11) is -1.07. The molecule has 1 atom stereocenters. The highest BCUT2D eigenvalue weighted by molar-refractivity contribution is 7.47. The van der Waals surface area contributed by atoms with Crippen molar-refractivity contribution in [1.82, 2.24) is 10.2 Å². The average Bonchev–Trinajstić information content (AvgIpc) is 2.75. The van der Waals surface area contributed by atoms with Crippen LogP contribution in [0.25, 0.3) is 10.8 Å². The number of carboxylic acid groups (broad SMARTS) is 1. The summed E-state index contributed by atoms with van der Waals surface area (Å²) in [5.74, 6) is -0.808. The molecule has 0 saturated carbocycles. The van der Waals surface area contributed by atoms with E-state index in [4.69, 9.17) is 9.05 Å². The molecule has 2 N–H and O–H groups in total. The molecule has 0 aliphatic carbocycles. The molecule has 0 radical (unpaired) electrons. The summed E-state index contributed by atoms with van der Waals surface area (Å²) in [4.78, 5) is 26.6. The maximum Gasteiger partial charge on any atom is 0.326 e. The Balaban J connectivity index is 2.07. The zero-order valence-electron chi connectivity index (χ0n) is 19.4. The first kappa shape index (κ1) is 26.0. The first-order chi connectivity index (χ1) is 15.3. The molecule has 2 aromatic carbocycles. The number of benzene rings is 2. The van der Waals surface area contributed by atoms with E-state index in [0.29, 0.717) is 32.5 Å². The summed E-state index contributed by atoms with van der Waals surface area (Å²) in [5.41, 5.74) is 0.864. The number of rotatable bonds is 13. The quantitative estimate of drug-likeness (QED) is 0.414. The van der Waals surface area contributed by atoms with Crippen LogP contribution in [0.3, 0.4) is 0 Å². The molecule has 2 amide bonds. The summed E-state index contributed by atoms with van der Waals surface area (Å²) in [6.45, 7) is 9.95. The molecule has 0 fully saturated rings. The van der Waals surface area contributed by atoms with Gasteiger partial charge in [0.1, 0.15) is 6.04 Å². The van der Waals surface area contributed by atoms with Crippen LogP contribution in [0.15, 0.2) is 42.5 Å². The Morgan fingerprint density at radius 2 is 1.72 bits per heavy atom. The number of carboxylic acids is 1. The first-order valence-electron chi connectivity index (χ1n) is 11.1. The van der Waals surface area contributed by atoms with Crippen LogP contribution in [0.4, 0.5) is 4.79 Å². The molecule has 7 nitrogen and oxygen atoms in total. The van der Waals surface area contributed by atoms with Crippen LogP contribution >= 0.6 is 8.38 Å². The van der Waals surface area contributed by atoms with Gasteiger partial charge in [0.25, 0.3) is 0 Å². The number of carbonyl (C=O) groups is 2. The Morgan fingerprint density at radius 1 is 1.06 bits per heavy atom. The van der Waals surface area contributed by atoms with E-state index in [1.807, 2.05) is 70.2 Å². The molecular weight excluding hydrogens is 427 g/mol. The largest absolute Gasteiger partial charge is 0.480 e. The second-order valence-electron chi connectivity index (χ2n) is 7.96. The van der Waals surface area contributed by atoms with E-state index in [2.05, 4.69) is 5.32 Å². The molecule has 0 aromatic heterocycles. The molecule has 2 rings (SSSR count). The molecule has 0 aliphatic rings. The monoisotopic (exact) mass is 462 g/mol. The van der Waals surface area contributed by atoms with Crippen molar-refractivity contribution in [1.29, 1.82) is 0 Å². The van der Waals surface area contributed by atoms with E-state index in [0.717, 1.165) is 16.3 Å². The summed E-state index contributed by atoms with van der Waals surface area (Å²) in [5, 5.41) is 14.6. The normalized spacial score (nSPS) is 12.3. The van der Waals surface area contributed by atoms with Crippen LogP contribution in [-0.2, 0) is 20.3 Å². The highest BCUT2D eigenvalue weighted by atomic mass is 31.2. The SMILES string of the molecule is CCOP(CCN(CC(C)C)C(=O)N[C@@H](Cc1ccc2ccccc2c1)C(=O)O)OCC. The van der Waals surface area contributed by atoms with Gasteiger partial charge in [-0.3, -0.25) is 0 Å². The number of hydrogen-bond donors (Lipinski definition) is 2. The van der Waals surface area contributed by atoms with Gasteiger partial charge in [-0.1, -0.05) is 56.3 Å². The zero-order valence-corrected chi connectivity index (χ0v) is 20.3. The molecule has 0 spiro atoms. The van der Waals surface area contributed by atoms with Crippen LogP contribution in [-0.4, -0.2) is 60.5 Å². The van der Waals surface area contributed by atoms with Crippen LogP contribution in [0.1, 0.15) is 33.3 Å². The van der Waals surface area contributed by atoms with Crippen molar-refractivity contribution in [2.24, 2.45) is 5.92 Å². The minimum absolute atomic E-state index is 0.214. The molecule has 0 aliphatic heterocycles. The Hall–Kier alpha value is -2.21. The summed E-state index contributed by atoms with van der Waals surface area (Å²) in [6, 6.07) is 12.4. The molecule has 0 bridgehead atoms. The highest BCUT2D eigenvalue weighted by Crippen LogP contribution is 2.37. The van der Waals surface area contributed by atoms with Crippen molar-refractivity contribution in [3.63, 3.8) is 0 Å². The van der Waals surface area contributed by atoms with Crippen molar-refractivity contribution in [2.75, 3.05) is 32.5 Å². The highest BCUT2D eigenvalue weighted by Gasteiger charge is 2.25. The van der Waals surface area contributed by atoms with Gasteiger partial charge < -0.3 is 24.4 Å². The predicted octanol–water partition coefficient (Wildman–Crippen LogP) is 4.89. The van der Waals surface area contributed by atoms with E-state index >= 15 is 0 Å². The maximum atomic E-state index is 13.0. The third-order valence-electron chi connectivity index (χ3n) is 4.82. The number of fused-ring (bicyclic) bond motifs is 1. The third-order valence-corrected chi connectivity index (χ3v) is 6.48. The van der Waals surface area contributed by atoms with E-state index in [-0.39, 0.29) is 18.4 Å². The van der Waals surface area contributed by atoms with Gasteiger partial charge in [0.15, 0.2) is 8.38 Å². The van der Waals surface area contributed by atoms with Gasteiger partial charge in [-0.25, -0.2) is 9.59 Å². The third kappa shape index (κ3) is 8.38. The predicted molar refractivity (Wildman–Crippen MR) is 129 cm³/mol. The first-order valence-corrected chi connectivity index (χ1v) is 12.5. The molecule has 0 saturated heterocycles. The summed E-state index contributed by atoms with van der Waals surface area (Å²) in [6.07, 6.45) is 0.797. The lowest BCUT2D eigenvalue weighted by molar-refractivity contribution is -0.139. The van der Waals surface area contributed by atoms with Gasteiger partial charge in [0.05, 0.1) is 13.2 Å². The van der Waals surface area contributed by atoms with Gasteiger partial charge in [-0.05, 0) is 36.1 Å². The van der Waals surface area contributed by atoms with Crippen LogP contribution in [0.2, 0.25) is 0 Å². The van der Waals surface area contributed by atoms with Crippen LogP contribution in [0.5, 0.6) is 0 Å². The molecule has 32 heavy (non-hydrogen) atoms. The topological polar surface area (TPSA) is 88.1 Å². The van der Waals surface area contributed by atoms with E-state index in [9.17, 15) is 14.7 Å². The Bertz CT molecular complexity index is 870. The average molecular weight is 463 g/mol. The van der Waals surface area contributed by atoms with Gasteiger partial charge in [0, 0.05) is 25.7 Å². The Kier molecular flexibility index (Phi) is 10.9. The molecule has 0 heterocycles. The lowest BCUT2D eigenvalue weighted by Crippen LogP contribution is -2.50. The Labute approximate surface area is 192 Å². The standard InChI is InChI=1S/C24H35N2O5P/c1-5-30-32(31-6-2)14-13-26(17-18(3)4)24(29)25-22(23(27)28)16-19-11-12-20-9-7-8-10-21(20)15-19/h7-12,15,18,22H,5-6,13-14,16-17H2,1-4H3,(H,25,29)(H,27,28)/t22-/m0/s1. The maximum absolute atomic E-state index is 13.0. The van der Waals surface area contributed by atoms with E-state index in [1.54, 1.807) is 4.90 Å². The van der Waals surface area contributed by atoms with Gasteiger partial charge in [-0.2, -0.15) is 0 Å². The molecule has 8 heteroatoms. The number of carbonyl (C=O) groups excluding carboxylic acids is 1. The number of urea groups is 1. The second kappa shape index (κ2) is 13.4. The lowest BCUT2D eigenvalue weighted by atomic mass is 10.0. The van der Waals surface area contributed by atoms with Crippen molar-refractivity contribution < 1.29 is 23.7 Å². The lowest BCUT2D eigenvalue weighted by Gasteiger charge is -2.28. The smallest absolute Gasteiger partial charge is 0.326 e. The van der Waals surface area contributed by atoms with Crippen molar-refractivity contribution in [3.05, 3.63) is 48.0 Å². The van der Waals surface area contributed by atoms with Crippen LogP contribution < -0.4 is 5.32 Å². The number of aliphatic carboxylic acids is 1. The van der Waals surface area contributed by atoms with Gasteiger partial charge >= 0.3 is 12.0 Å². The fraction of sp³-hybridized carbons (Fsp3) is 0.500. The summed E-state index contributed by atoms with van der Waals surface area (Å²) >= 11 is 0. The Morgan fingerprint density at radius 3 is 2.31 bits per heavy atom. The molecule has 176 valence electrons. The number of hydrogen-bond acceptors (Lipinski definition) is 4. The molecular formula is C24H35N2O5P. The molecule has 0 unspecified atom stereocenters. The van der Waals surface area contributed by atoms with Crippen LogP contribution in [0, 0.1) is 5.92 Å². The summed E-state index contributed by atoms with van der Waals surface area (Å²) < 4.78 is 11.3. The van der Waals surface area contributed by atoms with Gasteiger partial charge in [0.2, 0.25) is 0 Å². The number of nitrogens with one attached hydrogen (secondary N) is 1. The molecule has 2 aromatic rings. The van der Waals surface area contributed by atoms with E-state index < -0.39 is 20.4 Å². The minimum atomic E-state index is -1.07. The second-order valence-corrected chi connectivity index (χ2v) is 9.59. The zero-order chi connectivity index (χ0) is 23.5. The fourth-order valence-corrected chi connectivity index (χ4v) is 4.73. The van der Waals surface area contributed by atoms with Crippen molar-refractivity contribution >= 4 is 31.1 Å².